The number of aromatic hydroxyl groups is 1. The first kappa shape index (κ1) is 13.2. The van der Waals surface area contributed by atoms with Gasteiger partial charge in [-0.05, 0) is 23.6 Å². The van der Waals surface area contributed by atoms with Gasteiger partial charge in [0.05, 0.1) is 12.7 Å². The molecule has 1 aromatic heterocycles. The van der Waals surface area contributed by atoms with E-state index in [1.54, 1.807) is 35.7 Å². The van der Waals surface area contributed by atoms with Gasteiger partial charge in [-0.3, -0.25) is 0 Å². The first-order valence-corrected chi connectivity index (χ1v) is 6.36. The van der Waals surface area contributed by atoms with Crippen molar-refractivity contribution in [2.45, 2.75) is 0 Å². The topological polar surface area (TPSA) is 66.8 Å². The highest BCUT2D eigenvalue weighted by atomic mass is 32.1. The Morgan fingerprint density at radius 1 is 1.32 bits per heavy atom. The maximum absolute atomic E-state index is 11.3. The molecule has 0 spiro atoms. The Kier molecular flexibility index (Phi) is 3.87. The number of benzene rings is 1. The lowest BCUT2D eigenvalue weighted by Gasteiger charge is -2.06. The predicted molar refractivity (Wildman–Crippen MR) is 74.5 cm³/mol. The van der Waals surface area contributed by atoms with Gasteiger partial charge in [0.2, 0.25) is 0 Å². The molecule has 0 aliphatic carbocycles. The van der Waals surface area contributed by atoms with Crippen LogP contribution >= 0.6 is 11.3 Å². The monoisotopic (exact) mass is 276 g/mol. The van der Waals surface area contributed by atoms with Crippen molar-refractivity contribution in [2.75, 3.05) is 7.11 Å². The van der Waals surface area contributed by atoms with Crippen LogP contribution in [0.25, 0.3) is 11.6 Å². The molecule has 98 valence electrons. The Balaban J connectivity index is 2.51. The summed E-state index contributed by atoms with van der Waals surface area (Å²) in [6, 6.07) is 8.44. The number of para-hydroxylation sites is 1. The number of carboxylic acids is 1. The molecule has 0 atom stereocenters. The van der Waals surface area contributed by atoms with Gasteiger partial charge in [0.15, 0.2) is 11.5 Å². The molecule has 0 aliphatic rings. The summed E-state index contributed by atoms with van der Waals surface area (Å²) < 4.78 is 4.99. The minimum absolute atomic E-state index is 0.0692. The molecule has 1 heterocycles. The quantitative estimate of drug-likeness (QED) is 0.842. The van der Waals surface area contributed by atoms with E-state index in [4.69, 9.17) is 4.74 Å². The smallest absolute Gasteiger partial charge is 0.337 e. The minimum atomic E-state index is -1.04. The Bertz CT molecular complexity index is 614. The molecule has 2 aromatic rings. The van der Waals surface area contributed by atoms with E-state index in [0.717, 1.165) is 0 Å². The number of thiophene rings is 1. The predicted octanol–water partition coefficient (Wildman–Crippen LogP) is 3.09. The highest BCUT2D eigenvalue weighted by Crippen LogP contribution is 2.33. The minimum Gasteiger partial charge on any atom is -0.504 e. The zero-order valence-electron chi connectivity index (χ0n) is 10.2. The molecule has 5 heteroatoms. The van der Waals surface area contributed by atoms with E-state index in [2.05, 4.69) is 0 Å². The Morgan fingerprint density at radius 3 is 2.68 bits per heavy atom. The lowest BCUT2D eigenvalue weighted by molar-refractivity contribution is -0.130. The second-order valence-electron chi connectivity index (χ2n) is 3.74. The standard InChI is InChI=1S/C14H12O4S/c1-18-11-5-2-4-9(13(11)15)8-10(14(16)17)12-6-3-7-19-12/h2-8,15H,1H3,(H,16,17)/b10-8-. The van der Waals surface area contributed by atoms with Gasteiger partial charge in [-0.1, -0.05) is 18.2 Å². The van der Waals surface area contributed by atoms with Crippen LogP contribution in [0.5, 0.6) is 11.5 Å². The molecule has 2 rings (SSSR count). The van der Waals surface area contributed by atoms with Gasteiger partial charge in [0.25, 0.3) is 0 Å². The van der Waals surface area contributed by atoms with Gasteiger partial charge in [0, 0.05) is 10.4 Å². The van der Waals surface area contributed by atoms with Crippen molar-refractivity contribution in [3.05, 3.63) is 46.2 Å². The summed E-state index contributed by atoms with van der Waals surface area (Å²) in [6.07, 6.45) is 1.44. The van der Waals surface area contributed by atoms with E-state index in [9.17, 15) is 15.0 Å². The summed E-state index contributed by atoms with van der Waals surface area (Å²) >= 11 is 1.33. The highest BCUT2D eigenvalue weighted by Gasteiger charge is 2.13. The van der Waals surface area contributed by atoms with Crippen LogP contribution < -0.4 is 4.74 Å². The number of ether oxygens (including phenoxy) is 1. The molecule has 0 unspecified atom stereocenters. The van der Waals surface area contributed by atoms with Crippen molar-refractivity contribution in [3.8, 4) is 11.5 Å². The molecular weight excluding hydrogens is 264 g/mol. The summed E-state index contributed by atoms with van der Waals surface area (Å²) in [5, 5.41) is 21.0. The third-order valence-corrected chi connectivity index (χ3v) is 3.47. The summed E-state index contributed by atoms with van der Waals surface area (Å²) in [5.41, 5.74) is 0.545. The van der Waals surface area contributed by atoms with Crippen molar-refractivity contribution < 1.29 is 19.7 Å². The number of carbonyl (C=O) groups is 1. The van der Waals surface area contributed by atoms with E-state index >= 15 is 0 Å². The van der Waals surface area contributed by atoms with Crippen LogP contribution in [0.4, 0.5) is 0 Å². The molecule has 0 saturated carbocycles. The highest BCUT2D eigenvalue weighted by molar-refractivity contribution is 7.11. The average molecular weight is 276 g/mol. The van der Waals surface area contributed by atoms with Gasteiger partial charge in [-0.15, -0.1) is 11.3 Å². The van der Waals surface area contributed by atoms with Crippen LogP contribution in [0, 0.1) is 0 Å². The molecule has 2 N–H and O–H groups in total. The molecule has 0 bridgehead atoms. The Labute approximate surface area is 114 Å². The van der Waals surface area contributed by atoms with E-state index in [1.807, 2.05) is 0 Å². The van der Waals surface area contributed by atoms with Crippen LogP contribution in [0.15, 0.2) is 35.7 Å². The van der Waals surface area contributed by atoms with E-state index in [1.165, 1.54) is 24.5 Å². The van der Waals surface area contributed by atoms with Crippen molar-refractivity contribution in [2.24, 2.45) is 0 Å². The number of methoxy groups -OCH3 is 1. The Hall–Kier alpha value is -2.27. The summed E-state index contributed by atoms with van der Waals surface area (Å²) in [5.74, 6) is -0.797. The van der Waals surface area contributed by atoms with Crippen LogP contribution in [0.2, 0.25) is 0 Å². The van der Waals surface area contributed by atoms with Crippen LogP contribution in [-0.2, 0) is 4.79 Å². The number of phenols is 1. The number of hydrogen-bond acceptors (Lipinski definition) is 4. The third-order valence-electron chi connectivity index (χ3n) is 2.57. The normalized spacial score (nSPS) is 11.3. The fraction of sp³-hybridized carbons (Fsp3) is 0.0714. The summed E-state index contributed by atoms with van der Waals surface area (Å²) in [4.78, 5) is 11.9. The molecular formula is C14H12O4S. The summed E-state index contributed by atoms with van der Waals surface area (Å²) in [6.45, 7) is 0. The second-order valence-corrected chi connectivity index (χ2v) is 4.69. The maximum atomic E-state index is 11.3. The lowest BCUT2D eigenvalue weighted by Crippen LogP contribution is -1.97. The van der Waals surface area contributed by atoms with Crippen molar-refractivity contribution in [3.63, 3.8) is 0 Å². The van der Waals surface area contributed by atoms with E-state index in [0.29, 0.717) is 16.2 Å². The Morgan fingerprint density at radius 2 is 2.11 bits per heavy atom. The van der Waals surface area contributed by atoms with Crippen LogP contribution in [-0.4, -0.2) is 23.3 Å². The molecule has 4 nitrogen and oxygen atoms in total. The SMILES string of the molecule is COc1cccc(/C=C(\C(=O)O)c2cccs2)c1O. The number of phenolic OH excluding ortho intramolecular Hbond substituents is 1. The molecule has 0 fully saturated rings. The number of aliphatic carboxylic acids is 1. The molecule has 0 radical (unpaired) electrons. The largest absolute Gasteiger partial charge is 0.504 e. The summed E-state index contributed by atoms with van der Waals surface area (Å²) in [7, 11) is 1.44. The average Bonchev–Trinajstić information content (AvgIpc) is 2.90. The van der Waals surface area contributed by atoms with E-state index in [-0.39, 0.29) is 11.3 Å². The van der Waals surface area contributed by atoms with Gasteiger partial charge >= 0.3 is 5.97 Å². The van der Waals surface area contributed by atoms with Gasteiger partial charge < -0.3 is 14.9 Å². The maximum Gasteiger partial charge on any atom is 0.337 e. The van der Waals surface area contributed by atoms with Crippen LogP contribution in [0.3, 0.4) is 0 Å². The third kappa shape index (κ3) is 2.77. The molecule has 0 amide bonds. The number of carboxylic acid groups (broad SMARTS) is 1. The van der Waals surface area contributed by atoms with Crippen LogP contribution in [0.1, 0.15) is 10.4 Å². The van der Waals surface area contributed by atoms with Crippen molar-refractivity contribution in [1.82, 2.24) is 0 Å². The molecule has 0 aliphatic heterocycles. The fourth-order valence-electron chi connectivity index (χ4n) is 1.65. The fourth-order valence-corrected chi connectivity index (χ4v) is 2.38. The van der Waals surface area contributed by atoms with Gasteiger partial charge in [0.1, 0.15) is 0 Å². The lowest BCUT2D eigenvalue weighted by atomic mass is 10.1. The number of rotatable bonds is 4. The molecule has 0 saturated heterocycles. The zero-order valence-corrected chi connectivity index (χ0v) is 11.0. The number of hydrogen-bond donors (Lipinski definition) is 2. The zero-order chi connectivity index (χ0) is 13.8. The van der Waals surface area contributed by atoms with Crippen molar-refractivity contribution in [1.29, 1.82) is 0 Å². The second kappa shape index (κ2) is 5.58. The van der Waals surface area contributed by atoms with Gasteiger partial charge in [-0.2, -0.15) is 0 Å². The van der Waals surface area contributed by atoms with Crippen molar-refractivity contribution >= 4 is 29.0 Å². The molecule has 19 heavy (non-hydrogen) atoms. The first-order valence-electron chi connectivity index (χ1n) is 5.48. The first-order chi connectivity index (χ1) is 9.13. The van der Waals surface area contributed by atoms with E-state index < -0.39 is 5.97 Å². The van der Waals surface area contributed by atoms with Gasteiger partial charge in [-0.25, -0.2) is 4.79 Å². The molecule has 1 aromatic carbocycles.